The van der Waals surface area contributed by atoms with Crippen LogP contribution in [0.3, 0.4) is 0 Å². The van der Waals surface area contributed by atoms with Gasteiger partial charge in [0.2, 0.25) is 0 Å². The number of halogens is 1. The Balaban J connectivity index is 0.00000300. The van der Waals surface area contributed by atoms with Gasteiger partial charge in [-0.15, -0.1) is 24.0 Å². The van der Waals surface area contributed by atoms with Crippen LogP contribution in [0.4, 0.5) is 0 Å². The van der Waals surface area contributed by atoms with Gasteiger partial charge in [0, 0.05) is 58.0 Å². The fourth-order valence-corrected chi connectivity index (χ4v) is 3.62. The van der Waals surface area contributed by atoms with Crippen LogP contribution in [0.5, 0.6) is 11.5 Å². The van der Waals surface area contributed by atoms with Gasteiger partial charge in [-0.25, -0.2) is 0 Å². The van der Waals surface area contributed by atoms with Crippen LogP contribution < -0.4 is 14.8 Å². The van der Waals surface area contributed by atoms with Gasteiger partial charge in [-0.3, -0.25) is 9.79 Å². The predicted molar refractivity (Wildman–Crippen MR) is 122 cm³/mol. The number of amides is 1. The number of nitrogens with zero attached hydrogens (tertiary/aromatic N) is 3. The van der Waals surface area contributed by atoms with Gasteiger partial charge in [-0.05, 0) is 25.0 Å². The van der Waals surface area contributed by atoms with Gasteiger partial charge in [0.05, 0.1) is 14.2 Å². The van der Waals surface area contributed by atoms with Crippen molar-refractivity contribution >= 4 is 35.8 Å². The first kappa shape index (κ1) is 23.5. The van der Waals surface area contributed by atoms with Gasteiger partial charge in [0.1, 0.15) is 17.6 Å². The highest BCUT2D eigenvalue weighted by molar-refractivity contribution is 14.0. The standard InChI is InChI=1S/C20H30N4O4.HI/c1-21-20(22-14-15-6-7-16(26-2)13-18(15)27-3)24-10-8-23(9-11-24)19(25)17-5-4-12-28-17;/h6-7,13,17H,4-5,8-12,14H2,1-3H3,(H,21,22);1H. The molecule has 29 heavy (non-hydrogen) atoms. The third-order valence-electron chi connectivity index (χ3n) is 5.24. The zero-order chi connectivity index (χ0) is 19.9. The van der Waals surface area contributed by atoms with Crippen LogP contribution in [0.15, 0.2) is 23.2 Å². The van der Waals surface area contributed by atoms with Crippen molar-refractivity contribution < 1.29 is 19.0 Å². The van der Waals surface area contributed by atoms with E-state index in [1.807, 2.05) is 23.1 Å². The van der Waals surface area contributed by atoms with Crippen molar-refractivity contribution in [1.82, 2.24) is 15.1 Å². The number of rotatable bonds is 5. The molecule has 162 valence electrons. The zero-order valence-corrected chi connectivity index (χ0v) is 19.7. The second-order valence-corrected chi connectivity index (χ2v) is 6.89. The number of ether oxygens (including phenoxy) is 3. The first-order valence-corrected chi connectivity index (χ1v) is 9.73. The third kappa shape index (κ3) is 5.88. The van der Waals surface area contributed by atoms with E-state index in [1.165, 1.54) is 0 Å². The molecular formula is C20H31IN4O4. The fraction of sp³-hybridized carbons (Fsp3) is 0.600. The molecule has 0 aromatic heterocycles. The number of methoxy groups -OCH3 is 2. The summed E-state index contributed by atoms with van der Waals surface area (Å²) >= 11 is 0. The van der Waals surface area contributed by atoms with E-state index < -0.39 is 0 Å². The van der Waals surface area contributed by atoms with Gasteiger partial charge in [0.15, 0.2) is 5.96 Å². The van der Waals surface area contributed by atoms with Crippen LogP contribution >= 0.6 is 24.0 Å². The average molecular weight is 518 g/mol. The summed E-state index contributed by atoms with van der Waals surface area (Å²) in [6.07, 6.45) is 1.57. The highest BCUT2D eigenvalue weighted by Crippen LogP contribution is 2.24. The third-order valence-corrected chi connectivity index (χ3v) is 5.24. The van der Waals surface area contributed by atoms with Crippen LogP contribution in [0.25, 0.3) is 0 Å². The first-order chi connectivity index (χ1) is 13.7. The summed E-state index contributed by atoms with van der Waals surface area (Å²) < 4.78 is 16.2. The Kier molecular flexibility index (Phi) is 9.28. The van der Waals surface area contributed by atoms with Crippen molar-refractivity contribution in [3.63, 3.8) is 0 Å². The molecule has 0 aliphatic carbocycles. The van der Waals surface area contributed by atoms with Gasteiger partial charge in [-0.2, -0.15) is 0 Å². The Labute approximate surface area is 189 Å². The van der Waals surface area contributed by atoms with Crippen LogP contribution in [-0.4, -0.2) is 81.8 Å². The zero-order valence-electron chi connectivity index (χ0n) is 17.3. The molecule has 0 saturated carbocycles. The Morgan fingerprint density at radius 2 is 1.93 bits per heavy atom. The lowest BCUT2D eigenvalue weighted by atomic mass is 10.2. The van der Waals surface area contributed by atoms with Gasteiger partial charge in [0.25, 0.3) is 5.91 Å². The molecule has 1 amide bonds. The van der Waals surface area contributed by atoms with Crippen molar-refractivity contribution in [3.05, 3.63) is 23.8 Å². The molecule has 3 rings (SSSR count). The van der Waals surface area contributed by atoms with E-state index >= 15 is 0 Å². The summed E-state index contributed by atoms with van der Waals surface area (Å²) in [6.45, 7) is 4.16. The van der Waals surface area contributed by atoms with Crippen LogP contribution in [-0.2, 0) is 16.1 Å². The highest BCUT2D eigenvalue weighted by atomic mass is 127. The van der Waals surface area contributed by atoms with Crippen molar-refractivity contribution in [2.24, 2.45) is 4.99 Å². The maximum atomic E-state index is 12.5. The van der Waals surface area contributed by atoms with E-state index in [0.717, 1.165) is 49.0 Å². The molecule has 0 radical (unpaired) electrons. The predicted octanol–water partition coefficient (Wildman–Crippen LogP) is 1.72. The number of aliphatic imine (C=N–C) groups is 1. The second-order valence-electron chi connectivity index (χ2n) is 6.89. The number of benzene rings is 1. The molecule has 2 fully saturated rings. The molecule has 1 unspecified atom stereocenters. The van der Waals surface area contributed by atoms with Crippen molar-refractivity contribution in [1.29, 1.82) is 0 Å². The molecule has 8 nitrogen and oxygen atoms in total. The minimum atomic E-state index is -0.244. The SMILES string of the molecule is CN=C(NCc1ccc(OC)cc1OC)N1CCN(C(=O)C2CCCO2)CC1.I. The number of nitrogens with one attached hydrogen (secondary N) is 1. The second kappa shape index (κ2) is 11.4. The summed E-state index contributed by atoms with van der Waals surface area (Å²) in [5.74, 6) is 2.48. The van der Waals surface area contributed by atoms with Gasteiger partial charge in [-0.1, -0.05) is 0 Å². The maximum absolute atomic E-state index is 12.5. The lowest BCUT2D eigenvalue weighted by Gasteiger charge is -2.37. The summed E-state index contributed by atoms with van der Waals surface area (Å²) in [5.41, 5.74) is 1.02. The summed E-state index contributed by atoms with van der Waals surface area (Å²) in [6, 6.07) is 5.77. The number of carbonyl (C=O) groups excluding carboxylic acids is 1. The Bertz CT molecular complexity index is 702. The molecule has 2 aliphatic heterocycles. The summed E-state index contributed by atoms with van der Waals surface area (Å²) in [7, 11) is 5.06. The molecule has 0 bridgehead atoms. The average Bonchev–Trinajstić information content (AvgIpc) is 3.29. The quantitative estimate of drug-likeness (QED) is 0.364. The molecule has 1 atom stereocenters. The molecule has 2 heterocycles. The van der Waals surface area contributed by atoms with Gasteiger partial charge < -0.3 is 29.3 Å². The van der Waals surface area contributed by atoms with E-state index in [9.17, 15) is 4.79 Å². The minimum absolute atomic E-state index is 0. The molecular weight excluding hydrogens is 487 g/mol. The highest BCUT2D eigenvalue weighted by Gasteiger charge is 2.30. The van der Waals surface area contributed by atoms with E-state index in [-0.39, 0.29) is 36.0 Å². The maximum Gasteiger partial charge on any atom is 0.251 e. The van der Waals surface area contributed by atoms with Crippen LogP contribution in [0.2, 0.25) is 0 Å². The molecule has 1 aromatic rings. The molecule has 1 N–H and O–H groups in total. The van der Waals surface area contributed by atoms with E-state index in [4.69, 9.17) is 14.2 Å². The molecule has 1 aromatic carbocycles. The topological polar surface area (TPSA) is 75.6 Å². The number of hydrogen-bond donors (Lipinski definition) is 1. The van der Waals surface area contributed by atoms with E-state index in [2.05, 4.69) is 15.2 Å². The van der Waals surface area contributed by atoms with Gasteiger partial charge >= 0.3 is 0 Å². The largest absolute Gasteiger partial charge is 0.497 e. The monoisotopic (exact) mass is 518 g/mol. The molecule has 2 saturated heterocycles. The normalized spacial score (nSPS) is 19.6. The Morgan fingerprint density at radius 3 is 2.52 bits per heavy atom. The lowest BCUT2D eigenvalue weighted by Crippen LogP contribution is -2.55. The summed E-state index contributed by atoms with van der Waals surface area (Å²) in [5, 5.41) is 3.39. The van der Waals surface area contributed by atoms with Crippen molar-refractivity contribution in [2.45, 2.75) is 25.5 Å². The number of carbonyl (C=O) groups is 1. The van der Waals surface area contributed by atoms with Crippen LogP contribution in [0, 0.1) is 0 Å². The van der Waals surface area contributed by atoms with Crippen molar-refractivity contribution in [2.75, 3.05) is 54.1 Å². The van der Waals surface area contributed by atoms with Crippen LogP contribution in [0.1, 0.15) is 18.4 Å². The number of hydrogen-bond acceptors (Lipinski definition) is 5. The fourth-order valence-electron chi connectivity index (χ4n) is 3.62. The molecule has 0 spiro atoms. The first-order valence-electron chi connectivity index (χ1n) is 9.73. The minimum Gasteiger partial charge on any atom is -0.497 e. The Morgan fingerprint density at radius 1 is 1.21 bits per heavy atom. The Hall–Kier alpha value is -1.75. The van der Waals surface area contributed by atoms with E-state index in [1.54, 1.807) is 21.3 Å². The lowest BCUT2D eigenvalue weighted by molar-refractivity contribution is -0.142. The smallest absolute Gasteiger partial charge is 0.251 e. The number of piperazine rings is 1. The molecule has 2 aliphatic rings. The van der Waals surface area contributed by atoms with E-state index in [0.29, 0.717) is 26.2 Å². The number of guanidine groups is 1. The van der Waals surface area contributed by atoms with Crippen molar-refractivity contribution in [3.8, 4) is 11.5 Å². The molecule has 9 heteroatoms. The summed E-state index contributed by atoms with van der Waals surface area (Å²) in [4.78, 5) is 21.0.